The zero-order valence-corrected chi connectivity index (χ0v) is 29.2. The third kappa shape index (κ3) is 10.2. The predicted octanol–water partition coefficient (Wildman–Crippen LogP) is 2.51. The van der Waals surface area contributed by atoms with E-state index in [1.165, 1.54) is 34.8 Å². The number of aliphatic hydroxyl groups is 1. The van der Waals surface area contributed by atoms with Gasteiger partial charge in [0.1, 0.15) is 11.7 Å². The summed E-state index contributed by atoms with van der Waals surface area (Å²) in [5, 5.41) is 19.8. The number of hydrogen-bond donors (Lipinski definition) is 4. The summed E-state index contributed by atoms with van der Waals surface area (Å²) in [6.07, 6.45) is 0.295. The molecule has 13 nitrogen and oxygen atoms in total. The Kier molecular flexibility index (Phi) is 12.4. The van der Waals surface area contributed by atoms with Gasteiger partial charge in [-0.25, -0.2) is 8.42 Å². The minimum Gasteiger partial charge on any atom is -0.454 e. The Hall–Kier alpha value is -4.53. The zero-order valence-electron chi connectivity index (χ0n) is 28.4. The molecular formula is C35H45N5O8S. The van der Waals surface area contributed by atoms with E-state index in [1.54, 1.807) is 32.9 Å². The summed E-state index contributed by atoms with van der Waals surface area (Å²) >= 11 is 0. The molecule has 0 saturated carbocycles. The Balaban J connectivity index is 1.53. The molecule has 3 atom stereocenters. The van der Waals surface area contributed by atoms with Crippen LogP contribution in [0.1, 0.15) is 50.7 Å². The van der Waals surface area contributed by atoms with E-state index in [-0.39, 0.29) is 42.8 Å². The number of aromatic nitrogens is 1. The van der Waals surface area contributed by atoms with Crippen LogP contribution in [0, 0.1) is 11.3 Å². The first-order valence-electron chi connectivity index (χ1n) is 16.1. The second-order valence-electron chi connectivity index (χ2n) is 13.4. The number of aliphatic hydroxyl groups excluding tert-OH is 1. The van der Waals surface area contributed by atoms with Gasteiger partial charge >= 0.3 is 0 Å². The Morgan fingerprint density at radius 2 is 1.63 bits per heavy atom. The van der Waals surface area contributed by atoms with E-state index >= 15 is 0 Å². The van der Waals surface area contributed by atoms with Crippen LogP contribution in [0.25, 0.3) is 0 Å². The van der Waals surface area contributed by atoms with Crippen molar-refractivity contribution in [3.05, 3.63) is 84.2 Å². The monoisotopic (exact) mass is 695 g/mol. The highest BCUT2D eigenvalue weighted by atomic mass is 32.2. The molecule has 3 aromatic rings. The Morgan fingerprint density at radius 3 is 2.29 bits per heavy atom. The fourth-order valence-corrected chi connectivity index (χ4v) is 6.89. The summed E-state index contributed by atoms with van der Waals surface area (Å²) in [4.78, 5) is 43.2. The van der Waals surface area contributed by atoms with Crippen molar-refractivity contribution in [2.45, 2.75) is 64.1 Å². The van der Waals surface area contributed by atoms with Crippen molar-refractivity contribution in [2.75, 3.05) is 26.4 Å². The SMILES string of the molecule is CC(C)CN(CC(O)C(Cc1ccccc1)NC(=O)C(NC(=O)CNC(=O)c1ccccn1)C(C)(C)C)S(=O)(=O)c1ccc2c(c1)OCO2. The summed E-state index contributed by atoms with van der Waals surface area (Å²) in [5.74, 6) is -1.05. The van der Waals surface area contributed by atoms with Gasteiger partial charge in [0.25, 0.3) is 5.91 Å². The zero-order chi connectivity index (χ0) is 35.8. The minimum atomic E-state index is -4.11. The molecule has 0 radical (unpaired) electrons. The quantitative estimate of drug-likeness (QED) is 0.186. The van der Waals surface area contributed by atoms with Gasteiger partial charge in [0.05, 0.1) is 23.6 Å². The average Bonchev–Trinajstić information content (AvgIpc) is 3.54. The van der Waals surface area contributed by atoms with Crippen LogP contribution >= 0.6 is 0 Å². The van der Waals surface area contributed by atoms with Crippen molar-refractivity contribution in [3.63, 3.8) is 0 Å². The highest BCUT2D eigenvalue weighted by molar-refractivity contribution is 7.89. The number of fused-ring (bicyclic) bond motifs is 1. The van der Waals surface area contributed by atoms with E-state index in [9.17, 15) is 27.9 Å². The largest absolute Gasteiger partial charge is 0.454 e. The van der Waals surface area contributed by atoms with Gasteiger partial charge in [-0.2, -0.15) is 4.31 Å². The summed E-state index contributed by atoms with van der Waals surface area (Å²) in [6, 6.07) is 16.4. The van der Waals surface area contributed by atoms with Crippen molar-refractivity contribution in [1.82, 2.24) is 25.2 Å². The molecule has 0 saturated heterocycles. The number of ether oxygens (including phenoxy) is 2. The van der Waals surface area contributed by atoms with Gasteiger partial charge in [-0.05, 0) is 47.6 Å². The topological polar surface area (TPSA) is 176 Å². The highest BCUT2D eigenvalue weighted by Gasteiger charge is 2.37. The number of sulfonamides is 1. The van der Waals surface area contributed by atoms with Crippen LogP contribution in [-0.2, 0) is 26.0 Å². The first kappa shape index (κ1) is 37.3. The van der Waals surface area contributed by atoms with Crippen LogP contribution in [0.5, 0.6) is 11.5 Å². The van der Waals surface area contributed by atoms with Crippen LogP contribution in [0.15, 0.2) is 77.8 Å². The van der Waals surface area contributed by atoms with Crippen LogP contribution in [0.4, 0.5) is 0 Å². The third-order valence-electron chi connectivity index (χ3n) is 7.77. The fourth-order valence-electron chi connectivity index (χ4n) is 5.25. The highest BCUT2D eigenvalue weighted by Crippen LogP contribution is 2.35. The lowest BCUT2D eigenvalue weighted by Crippen LogP contribution is -2.59. The Bertz CT molecular complexity index is 1700. The number of carbonyl (C=O) groups is 3. The molecule has 0 aliphatic carbocycles. The number of amides is 3. The summed E-state index contributed by atoms with van der Waals surface area (Å²) in [6.45, 7) is 8.43. The second kappa shape index (κ2) is 16.2. The van der Waals surface area contributed by atoms with Crippen molar-refractivity contribution in [1.29, 1.82) is 0 Å². The predicted molar refractivity (Wildman–Crippen MR) is 182 cm³/mol. The maximum Gasteiger partial charge on any atom is 0.270 e. The lowest BCUT2D eigenvalue weighted by molar-refractivity contribution is -0.132. The number of carbonyl (C=O) groups excluding carboxylic acids is 3. The molecule has 4 N–H and O–H groups in total. The molecule has 264 valence electrons. The molecule has 0 spiro atoms. The first-order chi connectivity index (χ1) is 23.1. The number of nitrogens with one attached hydrogen (secondary N) is 3. The fraction of sp³-hybridized carbons (Fsp3) is 0.429. The van der Waals surface area contributed by atoms with Gasteiger partial charge in [-0.1, -0.05) is 71.0 Å². The first-order valence-corrected chi connectivity index (χ1v) is 17.5. The van der Waals surface area contributed by atoms with Gasteiger partial charge < -0.3 is 30.5 Å². The minimum absolute atomic E-state index is 0.00998. The van der Waals surface area contributed by atoms with Gasteiger partial charge in [0.2, 0.25) is 28.6 Å². The standard InChI is InChI=1S/C35H45N5O8S/c1-23(2)20-40(49(45,46)25-14-15-29-30(18-25)48-22-47-29)21-28(41)27(17-24-11-7-6-8-12-24)38-34(44)32(35(3,4)5)39-31(42)19-37-33(43)26-13-9-10-16-36-26/h6-16,18,23,27-28,32,41H,17,19-22H2,1-5H3,(H,37,43)(H,38,44)(H,39,42). The molecular weight excluding hydrogens is 650 g/mol. The molecule has 4 rings (SSSR count). The van der Waals surface area contributed by atoms with Crippen molar-refractivity contribution < 1.29 is 37.4 Å². The van der Waals surface area contributed by atoms with E-state index in [4.69, 9.17) is 9.47 Å². The Morgan fingerprint density at radius 1 is 0.939 bits per heavy atom. The van der Waals surface area contributed by atoms with E-state index in [1.807, 2.05) is 44.2 Å². The van der Waals surface area contributed by atoms with Crippen molar-refractivity contribution in [3.8, 4) is 11.5 Å². The van der Waals surface area contributed by atoms with Crippen LogP contribution in [-0.4, -0.2) is 85.1 Å². The second-order valence-corrected chi connectivity index (χ2v) is 15.3. The summed E-state index contributed by atoms with van der Waals surface area (Å²) < 4.78 is 39.8. The number of nitrogens with zero attached hydrogens (tertiary/aromatic N) is 2. The van der Waals surface area contributed by atoms with E-state index in [0.29, 0.717) is 11.5 Å². The molecule has 3 unspecified atom stereocenters. The maximum atomic E-state index is 13.9. The number of hydrogen-bond acceptors (Lipinski definition) is 9. The van der Waals surface area contributed by atoms with Crippen molar-refractivity contribution >= 4 is 27.7 Å². The number of rotatable bonds is 15. The van der Waals surface area contributed by atoms with Gasteiger partial charge in [0.15, 0.2) is 11.5 Å². The van der Waals surface area contributed by atoms with Gasteiger partial charge in [-0.15, -0.1) is 0 Å². The Labute approximate surface area is 287 Å². The van der Waals surface area contributed by atoms with Crippen LogP contribution < -0.4 is 25.4 Å². The lowest BCUT2D eigenvalue weighted by Gasteiger charge is -2.34. The van der Waals surface area contributed by atoms with E-state index in [0.717, 1.165) is 5.56 Å². The molecule has 3 amide bonds. The molecule has 14 heteroatoms. The molecule has 0 fully saturated rings. The lowest BCUT2D eigenvalue weighted by atomic mass is 9.85. The normalized spacial score (nSPS) is 14.6. The third-order valence-corrected chi connectivity index (χ3v) is 9.60. The number of pyridine rings is 1. The van der Waals surface area contributed by atoms with E-state index < -0.39 is 57.9 Å². The van der Waals surface area contributed by atoms with Crippen LogP contribution in [0.3, 0.4) is 0 Å². The van der Waals surface area contributed by atoms with Crippen molar-refractivity contribution in [2.24, 2.45) is 11.3 Å². The maximum absolute atomic E-state index is 13.9. The molecule has 1 aromatic heterocycles. The smallest absolute Gasteiger partial charge is 0.270 e. The summed E-state index contributed by atoms with van der Waals surface area (Å²) in [5.41, 5.74) is 0.166. The van der Waals surface area contributed by atoms with Crippen LogP contribution in [0.2, 0.25) is 0 Å². The average molecular weight is 696 g/mol. The molecule has 49 heavy (non-hydrogen) atoms. The van der Waals surface area contributed by atoms with Gasteiger partial charge in [0, 0.05) is 25.4 Å². The summed E-state index contributed by atoms with van der Waals surface area (Å²) in [7, 11) is -4.11. The molecule has 0 bridgehead atoms. The molecule has 2 aromatic carbocycles. The van der Waals surface area contributed by atoms with E-state index in [2.05, 4.69) is 20.9 Å². The van der Waals surface area contributed by atoms with Gasteiger partial charge in [-0.3, -0.25) is 19.4 Å². The molecule has 2 heterocycles. The molecule has 1 aliphatic rings. The molecule has 1 aliphatic heterocycles. The number of benzene rings is 2.